The van der Waals surface area contributed by atoms with Crippen molar-refractivity contribution in [3.05, 3.63) is 24.3 Å². The summed E-state index contributed by atoms with van der Waals surface area (Å²) in [6.45, 7) is 0.338. The van der Waals surface area contributed by atoms with Crippen LogP contribution in [-0.4, -0.2) is 20.3 Å². The zero-order chi connectivity index (χ0) is 8.81. The lowest BCUT2D eigenvalue weighted by Gasteiger charge is -2.05. The third-order valence-electron chi connectivity index (χ3n) is 1.50. The van der Waals surface area contributed by atoms with Gasteiger partial charge in [0.05, 0.1) is 13.7 Å². The molecule has 0 spiro atoms. The molecule has 1 aromatic carbocycles. The van der Waals surface area contributed by atoms with Gasteiger partial charge in [0.1, 0.15) is 5.75 Å². The average molecular weight is 166 g/mol. The first-order valence-corrected chi connectivity index (χ1v) is 3.83. The molecule has 1 radical (unpaired) electrons. The Kier molecular flexibility index (Phi) is 3.41. The van der Waals surface area contributed by atoms with Crippen molar-refractivity contribution in [2.24, 2.45) is 0 Å². The Labute approximate surface area is 72.0 Å². The van der Waals surface area contributed by atoms with Crippen LogP contribution in [0.3, 0.4) is 0 Å². The summed E-state index contributed by atoms with van der Waals surface area (Å²) in [5.74, 6) is 0.797. The average Bonchev–Trinajstić information content (AvgIpc) is 2.15. The van der Waals surface area contributed by atoms with E-state index in [9.17, 15) is 5.11 Å². The van der Waals surface area contributed by atoms with Crippen LogP contribution >= 0.6 is 0 Å². The van der Waals surface area contributed by atoms with E-state index in [0.717, 1.165) is 11.4 Å². The fourth-order valence-electron chi connectivity index (χ4n) is 0.928. The highest BCUT2D eigenvalue weighted by Crippen LogP contribution is 2.15. The van der Waals surface area contributed by atoms with E-state index < -0.39 is 0 Å². The molecule has 0 atom stereocenters. The number of hydrogen-bond donors (Lipinski definition) is 1. The molecule has 0 saturated heterocycles. The van der Waals surface area contributed by atoms with E-state index in [4.69, 9.17) is 4.74 Å². The molecule has 0 bridgehead atoms. The van der Waals surface area contributed by atoms with Crippen LogP contribution in [0.25, 0.3) is 0 Å². The Balaban J connectivity index is 2.60. The van der Waals surface area contributed by atoms with Crippen LogP contribution in [0.4, 0.5) is 5.69 Å². The first kappa shape index (κ1) is 8.87. The maximum absolute atomic E-state index is 10.2. The lowest BCUT2D eigenvalue weighted by atomic mass is 10.3. The van der Waals surface area contributed by atoms with Gasteiger partial charge in [-0.3, -0.25) is 0 Å². The van der Waals surface area contributed by atoms with Crippen molar-refractivity contribution in [3.63, 3.8) is 0 Å². The van der Waals surface area contributed by atoms with Gasteiger partial charge in [-0.15, -0.1) is 0 Å². The summed E-state index contributed by atoms with van der Waals surface area (Å²) in [4.78, 5) is 0. The molecule has 3 nitrogen and oxygen atoms in total. The Bertz CT molecular complexity index is 238. The molecular weight excluding hydrogens is 154 g/mol. The minimum atomic E-state index is -0.114. The quantitative estimate of drug-likeness (QED) is 0.737. The summed E-state index contributed by atoms with van der Waals surface area (Å²) in [6.07, 6.45) is 0. The summed E-state index contributed by atoms with van der Waals surface area (Å²) in [5.41, 5.74) is 0.921. The molecule has 0 saturated carbocycles. The van der Waals surface area contributed by atoms with Crippen LogP contribution in [-0.2, 0) is 5.11 Å². The first-order valence-electron chi connectivity index (χ1n) is 3.83. The van der Waals surface area contributed by atoms with E-state index in [1.54, 1.807) is 7.11 Å². The Morgan fingerprint density at radius 1 is 1.50 bits per heavy atom. The van der Waals surface area contributed by atoms with Crippen molar-refractivity contribution in [1.82, 2.24) is 0 Å². The van der Waals surface area contributed by atoms with Gasteiger partial charge >= 0.3 is 0 Å². The summed E-state index contributed by atoms with van der Waals surface area (Å²) in [6, 6.07) is 7.50. The predicted molar refractivity (Wildman–Crippen MR) is 47.0 cm³/mol. The van der Waals surface area contributed by atoms with Crippen molar-refractivity contribution < 1.29 is 9.84 Å². The Morgan fingerprint density at radius 3 is 3.00 bits per heavy atom. The first-order chi connectivity index (χ1) is 5.86. The van der Waals surface area contributed by atoms with Crippen LogP contribution in [0, 0.1) is 0 Å². The van der Waals surface area contributed by atoms with Gasteiger partial charge in [-0.05, 0) is 12.1 Å². The number of methoxy groups -OCH3 is 1. The molecule has 0 aliphatic carbocycles. The highest BCUT2D eigenvalue weighted by Gasteiger charge is 1.93. The van der Waals surface area contributed by atoms with Crippen molar-refractivity contribution in [1.29, 1.82) is 0 Å². The second-order valence-corrected chi connectivity index (χ2v) is 2.36. The van der Waals surface area contributed by atoms with Crippen molar-refractivity contribution in [2.45, 2.75) is 0 Å². The van der Waals surface area contributed by atoms with Crippen molar-refractivity contribution in [2.75, 3.05) is 25.6 Å². The zero-order valence-corrected chi connectivity index (χ0v) is 7.04. The van der Waals surface area contributed by atoms with Gasteiger partial charge in [0.25, 0.3) is 0 Å². The fourth-order valence-corrected chi connectivity index (χ4v) is 0.928. The van der Waals surface area contributed by atoms with Crippen LogP contribution in [0.15, 0.2) is 24.3 Å². The largest absolute Gasteiger partial charge is 0.497 e. The third kappa shape index (κ3) is 2.43. The topological polar surface area (TPSA) is 41.2 Å². The molecule has 0 heterocycles. The third-order valence-corrected chi connectivity index (χ3v) is 1.50. The normalized spacial score (nSPS) is 9.50. The van der Waals surface area contributed by atoms with Crippen molar-refractivity contribution >= 4 is 5.69 Å². The molecule has 1 N–H and O–H groups in total. The number of nitrogens with one attached hydrogen (secondary N) is 1. The van der Waals surface area contributed by atoms with Crippen LogP contribution in [0.1, 0.15) is 0 Å². The SMILES string of the molecule is COc1cccc(NCC[O])c1. The minimum Gasteiger partial charge on any atom is -0.497 e. The number of benzene rings is 1. The molecule has 12 heavy (non-hydrogen) atoms. The number of ether oxygens (including phenoxy) is 1. The molecule has 0 unspecified atom stereocenters. The van der Waals surface area contributed by atoms with E-state index in [2.05, 4.69) is 5.32 Å². The Hall–Kier alpha value is -1.22. The molecule has 3 heteroatoms. The van der Waals surface area contributed by atoms with E-state index in [1.165, 1.54) is 0 Å². The highest BCUT2D eigenvalue weighted by atomic mass is 16.5. The van der Waals surface area contributed by atoms with Crippen LogP contribution < -0.4 is 10.1 Å². The monoisotopic (exact) mass is 166 g/mol. The number of anilines is 1. The lowest BCUT2D eigenvalue weighted by Crippen LogP contribution is -2.04. The van der Waals surface area contributed by atoms with Gasteiger partial charge in [0.2, 0.25) is 0 Å². The molecule has 1 rings (SSSR count). The van der Waals surface area contributed by atoms with Gasteiger partial charge in [-0.1, -0.05) is 6.07 Å². The molecule has 0 aromatic heterocycles. The molecule has 0 fully saturated rings. The predicted octanol–water partition coefficient (Wildman–Crippen LogP) is 1.54. The van der Waals surface area contributed by atoms with Crippen molar-refractivity contribution in [3.8, 4) is 5.75 Å². The summed E-state index contributed by atoms with van der Waals surface area (Å²) < 4.78 is 5.02. The van der Waals surface area contributed by atoms with Crippen LogP contribution in [0.5, 0.6) is 5.75 Å². The molecule has 0 aliphatic rings. The molecule has 0 amide bonds. The fraction of sp³-hybridized carbons (Fsp3) is 0.333. The second kappa shape index (κ2) is 4.62. The second-order valence-electron chi connectivity index (χ2n) is 2.36. The molecule has 65 valence electrons. The van der Waals surface area contributed by atoms with E-state index in [0.29, 0.717) is 6.54 Å². The maximum atomic E-state index is 10.2. The van der Waals surface area contributed by atoms with Gasteiger partial charge in [-0.2, -0.15) is 0 Å². The zero-order valence-electron chi connectivity index (χ0n) is 7.04. The van der Waals surface area contributed by atoms with Gasteiger partial charge in [0, 0.05) is 18.3 Å². The van der Waals surface area contributed by atoms with E-state index >= 15 is 0 Å². The standard InChI is InChI=1S/C9H12NO2/c1-12-9-4-2-3-8(7-9)10-5-6-11/h2-4,7,10H,5-6H2,1H3. The smallest absolute Gasteiger partial charge is 0.120 e. The van der Waals surface area contributed by atoms with Gasteiger partial charge in [-0.25, -0.2) is 5.11 Å². The number of hydrogen-bond acceptors (Lipinski definition) is 2. The van der Waals surface area contributed by atoms with E-state index in [-0.39, 0.29) is 6.61 Å². The lowest BCUT2D eigenvalue weighted by molar-refractivity contribution is 0.206. The number of rotatable bonds is 4. The summed E-state index contributed by atoms with van der Waals surface area (Å²) >= 11 is 0. The molecular formula is C9H12NO2. The van der Waals surface area contributed by atoms with Crippen LogP contribution in [0.2, 0.25) is 0 Å². The minimum absolute atomic E-state index is 0.114. The Morgan fingerprint density at radius 2 is 2.33 bits per heavy atom. The van der Waals surface area contributed by atoms with Gasteiger partial charge in [0.15, 0.2) is 0 Å². The summed E-state index contributed by atoms with van der Waals surface area (Å²) in [5, 5.41) is 13.1. The molecule has 1 aromatic rings. The maximum Gasteiger partial charge on any atom is 0.120 e. The summed E-state index contributed by atoms with van der Waals surface area (Å²) in [7, 11) is 1.62. The molecule has 0 aliphatic heterocycles. The van der Waals surface area contributed by atoms with Gasteiger partial charge < -0.3 is 10.1 Å². The van der Waals surface area contributed by atoms with E-state index in [1.807, 2.05) is 24.3 Å². The highest BCUT2D eigenvalue weighted by molar-refractivity contribution is 5.47.